The second-order valence-electron chi connectivity index (χ2n) is 8.64. The summed E-state index contributed by atoms with van der Waals surface area (Å²) in [6, 6.07) is 10.9. The molecule has 7 heteroatoms. The van der Waals surface area contributed by atoms with Gasteiger partial charge in [-0.3, -0.25) is 4.84 Å². The number of hydrogen-bond acceptors (Lipinski definition) is 6. The van der Waals surface area contributed by atoms with Crippen LogP contribution in [0.2, 0.25) is 25.7 Å². The van der Waals surface area contributed by atoms with Gasteiger partial charge in [-0.2, -0.15) is 5.06 Å². The molecule has 0 spiro atoms. The fourth-order valence-electron chi connectivity index (χ4n) is 3.38. The van der Waals surface area contributed by atoms with Crippen LogP contribution in [0.3, 0.4) is 0 Å². The molecule has 2 aliphatic heterocycles. The first-order valence-electron chi connectivity index (χ1n) is 10.0. The van der Waals surface area contributed by atoms with Crippen LogP contribution in [0, 0.1) is 0 Å². The van der Waals surface area contributed by atoms with E-state index in [1.165, 1.54) is 0 Å². The van der Waals surface area contributed by atoms with E-state index in [0.29, 0.717) is 19.8 Å². The molecule has 0 amide bonds. The lowest BCUT2D eigenvalue weighted by Gasteiger charge is -2.43. The summed E-state index contributed by atoms with van der Waals surface area (Å²) < 4.78 is 17.6. The third-order valence-electron chi connectivity index (χ3n) is 4.97. The molecule has 1 fully saturated rings. The van der Waals surface area contributed by atoms with Crippen molar-refractivity contribution in [2.75, 3.05) is 19.8 Å². The van der Waals surface area contributed by atoms with Crippen molar-refractivity contribution in [3.8, 4) is 0 Å². The minimum atomic E-state index is -1.20. The Morgan fingerprint density at radius 1 is 1.21 bits per heavy atom. The van der Waals surface area contributed by atoms with Gasteiger partial charge in [0.05, 0.1) is 26.4 Å². The maximum atomic E-state index is 10.6. The number of benzene rings is 1. The summed E-state index contributed by atoms with van der Waals surface area (Å²) in [5.74, 6) is 0.818. The summed E-state index contributed by atoms with van der Waals surface area (Å²) in [7, 11) is -1.20. The molecule has 1 N–H and O–H groups in total. The fraction of sp³-hybridized carbons (Fsp3) is 0.619. The molecule has 6 nitrogen and oxygen atoms in total. The van der Waals surface area contributed by atoms with Crippen LogP contribution >= 0.6 is 0 Å². The van der Waals surface area contributed by atoms with Crippen LogP contribution in [0.5, 0.6) is 0 Å². The van der Waals surface area contributed by atoms with Gasteiger partial charge < -0.3 is 19.3 Å². The van der Waals surface area contributed by atoms with Crippen molar-refractivity contribution in [3.63, 3.8) is 0 Å². The maximum Gasteiger partial charge on any atom is 0.155 e. The second-order valence-corrected chi connectivity index (χ2v) is 14.3. The standard InChI is InChI=1S/C21H33NO5Si/c1-16-25-15-18(23)21(27-16)20-19(24-12-13-28(2,3)4)10-11-26-22(20)14-17-8-6-5-7-9-17/h5-10,16,18,20-21,23H,11-15H2,1-4H3/t16-,18+,20+,21-/m0/s1. The number of aliphatic hydroxyl groups is 1. The number of aliphatic hydroxyl groups excluding tert-OH is 1. The highest BCUT2D eigenvalue weighted by Gasteiger charge is 2.43. The Morgan fingerprint density at radius 2 is 1.96 bits per heavy atom. The minimum Gasteiger partial charge on any atom is -0.497 e. The van der Waals surface area contributed by atoms with Crippen molar-refractivity contribution in [1.82, 2.24) is 5.06 Å². The molecule has 0 aromatic heterocycles. The van der Waals surface area contributed by atoms with Gasteiger partial charge in [0.15, 0.2) is 6.29 Å². The van der Waals surface area contributed by atoms with E-state index in [1.54, 1.807) is 0 Å². The monoisotopic (exact) mass is 407 g/mol. The zero-order valence-electron chi connectivity index (χ0n) is 17.3. The molecule has 28 heavy (non-hydrogen) atoms. The van der Waals surface area contributed by atoms with Crippen LogP contribution in [0.15, 0.2) is 42.2 Å². The van der Waals surface area contributed by atoms with E-state index in [1.807, 2.05) is 36.3 Å². The van der Waals surface area contributed by atoms with Gasteiger partial charge in [-0.1, -0.05) is 50.0 Å². The number of hydrogen-bond donors (Lipinski definition) is 1. The molecule has 1 aromatic rings. The summed E-state index contributed by atoms with van der Waals surface area (Å²) in [6.45, 7) is 10.8. The average Bonchev–Trinajstić information content (AvgIpc) is 2.64. The van der Waals surface area contributed by atoms with E-state index in [0.717, 1.165) is 17.4 Å². The molecule has 2 heterocycles. The van der Waals surface area contributed by atoms with Gasteiger partial charge in [0.2, 0.25) is 0 Å². The summed E-state index contributed by atoms with van der Waals surface area (Å²) in [5, 5.41) is 12.5. The minimum absolute atomic E-state index is 0.240. The van der Waals surface area contributed by atoms with Gasteiger partial charge in [-0.05, 0) is 24.6 Å². The van der Waals surface area contributed by atoms with Crippen LogP contribution in [-0.2, 0) is 25.6 Å². The third kappa shape index (κ3) is 5.89. The highest BCUT2D eigenvalue weighted by molar-refractivity contribution is 6.76. The lowest BCUT2D eigenvalue weighted by molar-refractivity contribution is -0.290. The van der Waals surface area contributed by atoms with Crippen LogP contribution in [0.4, 0.5) is 0 Å². The molecule has 2 aliphatic rings. The quantitative estimate of drug-likeness (QED) is 0.701. The Balaban J connectivity index is 1.79. The van der Waals surface area contributed by atoms with Gasteiger partial charge >= 0.3 is 0 Å². The summed E-state index contributed by atoms with van der Waals surface area (Å²) >= 11 is 0. The van der Waals surface area contributed by atoms with Crippen molar-refractivity contribution in [3.05, 3.63) is 47.7 Å². The van der Waals surface area contributed by atoms with Gasteiger partial charge in [0, 0.05) is 8.07 Å². The number of nitrogens with zero attached hydrogens (tertiary/aromatic N) is 1. The van der Waals surface area contributed by atoms with Crippen LogP contribution in [0.1, 0.15) is 12.5 Å². The van der Waals surface area contributed by atoms with Crippen molar-refractivity contribution < 1.29 is 24.2 Å². The van der Waals surface area contributed by atoms with Crippen molar-refractivity contribution in [2.24, 2.45) is 0 Å². The highest BCUT2D eigenvalue weighted by atomic mass is 28.3. The second kappa shape index (κ2) is 9.52. The summed E-state index contributed by atoms with van der Waals surface area (Å²) in [4.78, 5) is 5.96. The van der Waals surface area contributed by atoms with Gasteiger partial charge in [-0.15, -0.1) is 0 Å². The smallest absolute Gasteiger partial charge is 0.155 e. The zero-order chi connectivity index (χ0) is 20.1. The molecule has 1 saturated heterocycles. The first-order chi connectivity index (χ1) is 13.3. The van der Waals surface area contributed by atoms with Crippen LogP contribution in [0.25, 0.3) is 0 Å². The molecule has 156 valence electrons. The Hall–Kier alpha value is -1.22. The van der Waals surface area contributed by atoms with E-state index in [9.17, 15) is 5.11 Å². The van der Waals surface area contributed by atoms with E-state index in [2.05, 4.69) is 31.8 Å². The lowest BCUT2D eigenvalue weighted by Crippen LogP contribution is -2.57. The molecule has 0 bridgehead atoms. The van der Waals surface area contributed by atoms with Crippen molar-refractivity contribution in [2.45, 2.75) is 63.7 Å². The first-order valence-corrected chi connectivity index (χ1v) is 13.8. The van der Waals surface area contributed by atoms with Gasteiger partial charge in [0.25, 0.3) is 0 Å². The normalized spacial score (nSPS) is 29.4. The first kappa shape index (κ1) is 21.5. The number of rotatable bonds is 7. The van der Waals surface area contributed by atoms with E-state index < -0.39 is 20.3 Å². The predicted octanol–water partition coefficient (Wildman–Crippen LogP) is 3.16. The van der Waals surface area contributed by atoms with E-state index in [4.69, 9.17) is 19.0 Å². The number of ether oxygens (including phenoxy) is 3. The van der Waals surface area contributed by atoms with E-state index in [-0.39, 0.29) is 18.9 Å². The maximum absolute atomic E-state index is 10.6. The van der Waals surface area contributed by atoms with Crippen LogP contribution < -0.4 is 0 Å². The van der Waals surface area contributed by atoms with Gasteiger partial charge in [-0.25, -0.2) is 0 Å². The Bertz CT molecular complexity index is 648. The molecule has 0 saturated carbocycles. The molecular weight excluding hydrogens is 374 g/mol. The highest BCUT2D eigenvalue weighted by Crippen LogP contribution is 2.30. The Labute approximate surface area is 169 Å². The summed E-state index contributed by atoms with van der Waals surface area (Å²) in [6.07, 6.45) is 0.361. The van der Waals surface area contributed by atoms with Crippen molar-refractivity contribution >= 4 is 8.07 Å². The predicted molar refractivity (Wildman–Crippen MR) is 110 cm³/mol. The molecule has 4 atom stereocenters. The molecule has 0 aliphatic carbocycles. The molecular formula is C21H33NO5Si. The molecule has 0 radical (unpaired) electrons. The lowest BCUT2D eigenvalue weighted by atomic mass is 10.0. The molecule has 3 rings (SSSR count). The molecule has 1 aromatic carbocycles. The summed E-state index contributed by atoms with van der Waals surface area (Å²) in [5.41, 5.74) is 1.13. The third-order valence-corrected chi connectivity index (χ3v) is 6.67. The fourth-order valence-corrected chi connectivity index (χ4v) is 4.09. The largest absolute Gasteiger partial charge is 0.497 e. The zero-order valence-corrected chi connectivity index (χ0v) is 18.3. The van der Waals surface area contributed by atoms with Crippen molar-refractivity contribution in [1.29, 1.82) is 0 Å². The van der Waals surface area contributed by atoms with E-state index >= 15 is 0 Å². The SMILES string of the molecule is C[C@H]1OC[C@@H](O)[C@@H]([C@H]2C(OCC[Si](C)(C)C)=CCON2Cc2ccccc2)O1. The topological polar surface area (TPSA) is 60.4 Å². The Morgan fingerprint density at radius 3 is 2.68 bits per heavy atom. The number of hydroxylamine groups is 2. The van der Waals surface area contributed by atoms with Gasteiger partial charge in [0.1, 0.15) is 24.0 Å². The van der Waals surface area contributed by atoms with Crippen LogP contribution in [-0.4, -0.2) is 62.6 Å². The molecule has 0 unspecified atom stereocenters. The average molecular weight is 408 g/mol. The Kier molecular flexibility index (Phi) is 7.30.